The average molecular weight is 564 g/mol. The van der Waals surface area contributed by atoms with Gasteiger partial charge >= 0.3 is 0 Å². The minimum absolute atomic E-state index is 0. The predicted molar refractivity (Wildman–Crippen MR) is 139 cm³/mol. The topological polar surface area (TPSA) is 61.4 Å². The normalized spacial score (nSPS) is 24.6. The van der Waals surface area contributed by atoms with Gasteiger partial charge in [0, 0.05) is 57.3 Å². The van der Waals surface area contributed by atoms with Gasteiger partial charge in [-0.2, -0.15) is 0 Å². The van der Waals surface area contributed by atoms with Gasteiger partial charge in [-0.15, -0.1) is 35.3 Å². The number of ether oxygens (including phenoxy) is 2. The lowest BCUT2D eigenvalue weighted by Gasteiger charge is -2.37. The molecule has 0 aliphatic carbocycles. The molecule has 3 aliphatic heterocycles. The van der Waals surface area contributed by atoms with Crippen LogP contribution < -0.4 is 15.5 Å². The molecule has 0 bridgehead atoms. The number of piperidine rings is 1. The van der Waals surface area contributed by atoms with Gasteiger partial charge in [-0.25, -0.2) is 0 Å². The first kappa shape index (κ1) is 25.0. The number of hydrogen-bond donors (Lipinski definition) is 2. The molecule has 1 aromatic heterocycles. The molecule has 0 spiro atoms. The quantitative estimate of drug-likeness (QED) is 0.302. The Hall–Kier alpha value is -0.620. The summed E-state index contributed by atoms with van der Waals surface area (Å²) in [5, 5.41) is 10.7. The highest BCUT2D eigenvalue weighted by Gasteiger charge is 2.31. The van der Waals surface area contributed by atoms with E-state index in [0.717, 1.165) is 90.9 Å². The summed E-state index contributed by atoms with van der Waals surface area (Å²) < 4.78 is 11.3. The zero-order chi connectivity index (χ0) is 20.6. The second kappa shape index (κ2) is 13.2. The molecule has 176 valence electrons. The predicted octanol–water partition coefficient (Wildman–Crippen LogP) is 2.63. The highest BCUT2D eigenvalue weighted by molar-refractivity contribution is 14.0. The zero-order valence-corrected chi connectivity index (χ0v) is 21.8. The van der Waals surface area contributed by atoms with Gasteiger partial charge in [-0.05, 0) is 43.7 Å². The summed E-state index contributed by atoms with van der Waals surface area (Å²) in [6, 6.07) is 5.28. The summed E-state index contributed by atoms with van der Waals surface area (Å²) >= 11 is 1.84. The Morgan fingerprint density at radius 2 is 1.97 bits per heavy atom. The van der Waals surface area contributed by atoms with Gasteiger partial charge in [0.15, 0.2) is 5.96 Å². The van der Waals surface area contributed by atoms with E-state index in [1.807, 2.05) is 11.3 Å². The third-order valence-electron chi connectivity index (χ3n) is 6.46. The van der Waals surface area contributed by atoms with Crippen molar-refractivity contribution in [3.8, 4) is 0 Å². The molecule has 2 atom stereocenters. The molecule has 0 aromatic carbocycles. The molecule has 2 unspecified atom stereocenters. The molecule has 2 N–H and O–H groups in total. The number of morpholine rings is 1. The summed E-state index contributed by atoms with van der Waals surface area (Å²) in [4.78, 5) is 10.1. The van der Waals surface area contributed by atoms with Crippen LogP contribution in [0, 0.1) is 5.92 Å². The maximum absolute atomic E-state index is 5.70. The lowest BCUT2D eigenvalue weighted by atomic mass is 9.97. The smallest absolute Gasteiger partial charge is 0.191 e. The van der Waals surface area contributed by atoms with Crippen LogP contribution in [-0.4, -0.2) is 88.6 Å². The molecule has 7 nitrogen and oxygen atoms in total. The first-order valence-corrected chi connectivity index (χ1v) is 12.4. The van der Waals surface area contributed by atoms with Crippen LogP contribution in [-0.2, 0) is 9.47 Å². The number of thiophene rings is 1. The number of guanidine groups is 1. The summed E-state index contributed by atoms with van der Waals surface area (Å²) in [5.41, 5.74) is 0. The fraction of sp³-hybridized carbons (Fsp3) is 0.773. The fourth-order valence-electron chi connectivity index (χ4n) is 4.72. The number of rotatable bonds is 7. The molecule has 3 fully saturated rings. The van der Waals surface area contributed by atoms with E-state index in [0.29, 0.717) is 18.0 Å². The van der Waals surface area contributed by atoms with Gasteiger partial charge < -0.3 is 25.0 Å². The van der Waals surface area contributed by atoms with E-state index in [9.17, 15) is 0 Å². The van der Waals surface area contributed by atoms with Crippen LogP contribution in [0.3, 0.4) is 0 Å². The summed E-state index contributed by atoms with van der Waals surface area (Å²) in [6.07, 6.45) is 3.43. The van der Waals surface area contributed by atoms with Crippen LogP contribution in [0.4, 0.5) is 5.00 Å². The Bertz CT molecular complexity index is 642. The Balaban J connectivity index is 0.00000272. The maximum atomic E-state index is 5.70. The molecular weight excluding hydrogens is 525 g/mol. The molecule has 3 aliphatic rings. The summed E-state index contributed by atoms with van der Waals surface area (Å²) in [7, 11) is 0. The van der Waals surface area contributed by atoms with E-state index >= 15 is 0 Å². The SMILES string of the molecule is CCNC(=NCC(C1CCOC1)N1CCOCC1)NC1CCN(c2cccs2)CC1.I. The van der Waals surface area contributed by atoms with Crippen LogP contribution in [0.15, 0.2) is 22.5 Å². The Labute approximate surface area is 208 Å². The van der Waals surface area contributed by atoms with Gasteiger partial charge in [0.2, 0.25) is 0 Å². The van der Waals surface area contributed by atoms with Gasteiger partial charge in [-0.1, -0.05) is 0 Å². The first-order valence-electron chi connectivity index (χ1n) is 11.6. The van der Waals surface area contributed by atoms with E-state index in [2.05, 4.69) is 44.9 Å². The van der Waals surface area contributed by atoms with E-state index in [-0.39, 0.29) is 24.0 Å². The third kappa shape index (κ3) is 7.18. The lowest BCUT2D eigenvalue weighted by molar-refractivity contribution is 0.00368. The van der Waals surface area contributed by atoms with Gasteiger partial charge in [0.25, 0.3) is 0 Å². The van der Waals surface area contributed by atoms with E-state index < -0.39 is 0 Å². The molecule has 3 saturated heterocycles. The molecular formula is C22H38IN5O2S. The van der Waals surface area contributed by atoms with Gasteiger partial charge in [0.05, 0.1) is 31.4 Å². The van der Waals surface area contributed by atoms with Crippen molar-refractivity contribution in [3.63, 3.8) is 0 Å². The standard InChI is InChI=1S/C22H37N5O2S.HI/c1-2-23-22(25-19-5-8-27(9-6-19)21-4-3-15-30-21)24-16-20(18-7-12-29-17-18)26-10-13-28-14-11-26;/h3-4,15,18-20H,2,5-14,16-17H2,1H3,(H2,23,24,25);1H. The van der Waals surface area contributed by atoms with Crippen LogP contribution in [0.2, 0.25) is 0 Å². The second-order valence-electron chi connectivity index (χ2n) is 8.42. The van der Waals surface area contributed by atoms with Crippen molar-refractivity contribution in [2.75, 3.05) is 70.6 Å². The second-order valence-corrected chi connectivity index (χ2v) is 9.34. The number of nitrogens with one attached hydrogen (secondary N) is 2. The fourth-order valence-corrected chi connectivity index (χ4v) is 5.51. The Morgan fingerprint density at radius 3 is 2.61 bits per heavy atom. The molecule has 4 heterocycles. The zero-order valence-electron chi connectivity index (χ0n) is 18.6. The van der Waals surface area contributed by atoms with Crippen LogP contribution in [0.5, 0.6) is 0 Å². The largest absolute Gasteiger partial charge is 0.381 e. The van der Waals surface area contributed by atoms with Crippen molar-refractivity contribution in [1.82, 2.24) is 15.5 Å². The minimum Gasteiger partial charge on any atom is -0.381 e. The number of hydrogen-bond acceptors (Lipinski definition) is 6. The highest BCUT2D eigenvalue weighted by Crippen LogP contribution is 2.25. The van der Waals surface area contributed by atoms with Crippen molar-refractivity contribution in [2.45, 2.75) is 38.3 Å². The van der Waals surface area contributed by atoms with Gasteiger partial charge in [-0.3, -0.25) is 9.89 Å². The molecule has 0 saturated carbocycles. The lowest BCUT2D eigenvalue weighted by Crippen LogP contribution is -2.51. The molecule has 31 heavy (non-hydrogen) atoms. The summed E-state index contributed by atoms with van der Waals surface area (Å²) in [6.45, 7) is 11.5. The molecule has 0 radical (unpaired) electrons. The number of halogens is 1. The van der Waals surface area contributed by atoms with Crippen molar-refractivity contribution in [1.29, 1.82) is 0 Å². The molecule has 4 rings (SSSR count). The molecule has 0 amide bonds. The number of nitrogens with zero attached hydrogens (tertiary/aromatic N) is 3. The van der Waals surface area contributed by atoms with Crippen molar-refractivity contribution in [3.05, 3.63) is 17.5 Å². The van der Waals surface area contributed by atoms with Gasteiger partial charge in [0.1, 0.15) is 0 Å². The monoisotopic (exact) mass is 563 g/mol. The van der Waals surface area contributed by atoms with Crippen molar-refractivity contribution >= 4 is 46.3 Å². The average Bonchev–Trinajstić information content (AvgIpc) is 3.50. The van der Waals surface area contributed by atoms with E-state index in [1.54, 1.807) is 0 Å². The highest BCUT2D eigenvalue weighted by atomic mass is 127. The van der Waals surface area contributed by atoms with Crippen LogP contribution in [0.25, 0.3) is 0 Å². The van der Waals surface area contributed by atoms with Crippen molar-refractivity contribution < 1.29 is 9.47 Å². The summed E-state index contributed by atoms with van der Waals surface area (Å²) in [5.74, 6) is 1.54. The Morgan fingerprint density at radius 1 is 1.16 bits per heavy atom. The minimum atomic E-state index is 0. The van der Waals surface area contributed by atoms with E-state index in [4.69, 9.17) is 14.5 Å². The Kier molecular flexibility index (Phi) is 10.6. The molecule has 1 aromatic rings. The van der Waals surface area contributed by atoms with Crippen molar-refractivity contribution in [2.24, 2.45) is 10.9 Å². The molecule has 9 heteroatoms. The first-order chi connectivity index (χ1) is 14.8. The van der Waals surface area contributed by atoms with Crippen LogP contribution >= 0.6 is 35.3 Å². The maximum Gasteiger partial charge on any atom is 0.191 e. The van der Waals surface area contributed by atoms with E-state index in [1.165, 1.54) is 5.00 Å². The number of aliphatic imine (C=N–C) groups is 1. The number of anilines is 1. The third-order valence-corrected chi connectivity index (χ3v) is 7.39. The van der Waals surface area contributed by atoms with Crippen LogP contribution in [0.1, 0.15) is 26.2 Å².